The Morgan fingerprint density at radius 2 is 1.81 bits per heavy atom. The molecule has 0 aliphatic rings. The summed E-state index contributed by atoms with van der Waals surface area (Å²) in [5.41, 5.74) is 0. The molecule has 0 aliphatic carbocycles. The lowest BCUT2D eigenvalue weighted by molar-refractivity contribution is -0.870. The Balaban J connectivity index is 3.89. The van der Waals surface area contributed by atoms with Gasteiger partial charge in [0, 0.05) is 0 Å². The first-order chi connectivity index (χ1) is 7.16. The Hall–Kier alpha value is -0.250. The van der Waals surface area contributed by atoms with Crippen LogP contribution in [0.5, 0.6) is 0 Å². The number of aliphatic hydroxyl groups is 2. The van der Waals surface area contributed by atoms with Crippen molar-refractivity contribution in [3.05, 3.63) is 0 Å². The maximum Gasteiger partial charge on any atom is 0.400 e. The molecule has 0 aliphatic heterocycles. The normalized spacial score (nSPS) is 15.1. The van der Waals surface area contributed by atoms with Gasteiger partial charge in [-0.25, -0.2) is 8.37 Å². The molecule has 98 valence electrons. The quantitative estimate of drug-likeness (QED) is 0.505. The van der Waals surface area contributed by atoms with E-state index in [2.05, 4.69) is 8.37 Å². The van der Waals surface area contributed by atoms with E-state index in [-0.39, 0.29) is 6.61 Å². The van der Waals surface area contributed by atoms with Gasteiger partial charge >= 0.3 is 10.4 Å². The summed E-state index contributed by atoms with van der Waals surface area (Å²) in [5, 5.41) is 17.3. The van der Waals surface area contributed by atoms with Crippen molar-refractivity contribution >= 4 is 10.4 Å². The zero-order valence-electron chi connectivity index (χ0n) is 9.79. The molecule has 0 fully saturated rings. The highest BCUT2D eigenvalue weighted by atomic mass is 32.3. The van der Waals surface area contributed by atoms with Crippen LogP contribution in [0.3, 0.4) is 0 Å². The summed E-state index contributed by atoms with van der Waals surface area (Å²) < 4.78 is 31.6. The standard InChI is InChI=1S/C8H20NO6S/c1-9(2,3)4-5-14-16(12,13)15-7-8(11)6-10/h8,10-11H,4-7H2,1-3H3/q+1. The molecule has 0 aromatic carbocycles. The van der Waals surface area contributed by atoms with E-state index < -0.39 is 29.7 Å². The minimum absolute atomic E-state index is 0.00105. The summed E-state index contributed by atoms with van der Waals surface area (Å²) in [6.07, 6.45) is -1.23. The highest BCUT2D eigenvalue weighted by Crippen LogP contribution is 1.99. The van der Waals surface area contributed by atoms with Gasteiger partial charge in [0.15, 0.2) is 0 Å². The molecular weight excluding hydrogens is 238 g/mol. The summed E-state index contributed by atoms with van der Waals surface area (Å²) in [6.45, 7) is -0.566. The SMILES string of the molecule is C[N+](C)(C)CCOS(=O)(=O)OCC(O)CO. The minimum Gasteiger partial charge on any atom is -0.394 e. The number of aliphatic hydroxyl groups excluding tert-OH is 2. The lowest BCUT2D eigenvalue weighted by Gasteiger charge is -2.23. The Labute approximate surface area is 96.1 Å². The number of hydrogen-bond acceptors (Lipinski definition) is 6. The van der Waals surface area contributed by atoms with Gasteiger partial charge in [0.2, 0.25) is 0 Å². The maximum absolute atomic E-state index is 11.1. The van der Waals surface area contributed by atoms with E-state index in [0.29, 0.717) is 11.0 Å². The molecular formula is C8H20NO6S+. The van der Waals surface area contributed by atoms with Crippen LogP contribution in [0.15, 0.2) is 0 Å². The molecule has 7 nitrogen and oxygen atoms in total. The van der Waals surface area contributed by atoms with E-state index in [1.807, 2.05) is 21.1 Å². The van der Waals surface area contributed by atoms with E-state index in [1.54, 1.807) is 0 Å². The third kappa shape index (κ3) is 9.01. The van der Waals surface area contributed by atoms with E-state index in [4.69, 9.17) is 10.2 Å². The van der Waals surface area contributed by atoms with E-state index in [0.717, 1.165) is 0 Å². The van der Waals surface area contributed by atoms with Gasteiger partial charge in [0.05, 0.1) is 34.4 Å². The second-order valence-electron chi connectivity index (χ2n) is 4.37. The van der Waals surface area contributed by atoms with Crippen LogP contribution in [0.25, 0.3) is 0 Å². The van der Waals surface area contributed by atoms with Crippen molar-refractivity contribution in [1.82, 2.24) is 0 Å². The van der Waals surface area contributed by atoms with Crippen LogP contribution < -0.4 is 0 Å². The van der Waals surface area contributed by atoms with Crippen molar-refractivity contribution in [2.45, 2.75) is 6.10 Å². The fourth-order valence-corrected chi connectivity index (χ4v) is 1.33. The van der Waals surface area contributed by atoms with Crippen LogP contribution in [-0.2, 0) is 18.8 Å². The average Bonchev–Trinajstić information content (AvgIpc) is 2.12. The van der Waals surface area contributed by atoms with E-state index in [1.165, 1.54) is 0 Å². The Kier molecular flexibility index (Phi) is 6.38. The van der Waals surface area contributed by atoms with Crippen molar-refractivity contribution < 1.29 is 31.5 Å². The van der Waals surface area contributed by atoms with Gasteiger partial charge < -0.3 is 14.7 Å². The molecule has 8 heteroatoms. The predicted octanol–water partition coefficient (Wildman–Crippen LogP) is -1.68. The number of quaternary nitrogens is 1. The van der Waals surface area contributed by atoms with Crippen LogP contribution in [0.2, 0.25) is 0 Å². The lowest BCUT2D eigenvalue weighted by atomic mass is 10.4. The van der Waals surface area contributed by atoms with Crippen molar-refractivity contribution in [3.8, 4) is 0 Å². The molecule has 0 bridgehead atoms. The molecule has 0 saturated heterocycles. The van der Waals surface area contributed by atoms with Gasteiger partial charge in [-0.3, -0.25) is 0 Å². The van der Waals surface area contributed by atoms with Crippen LogP contribution in [0.4, 0.5) is 0 Å². The number of rotatable bonds is 8. The first-order valence-electron chi connectivity index (χ1n) is 4.79. The molecule has 0 amide bonds. The Morgan fingerprint density at radius 1 is 1.25 bits per heavy atom. The summed E-state index contributed by atoms with van der Waals surface area (Å²) in [7, 11) is 1.60. The molecule has 0 rings (SSSR count). The molecule has 0 saturated carbocycles. The fourth-order valence-electron chi connectivity index (χ4n) is 0.662. The summed E-state index contributed by atoms with van der Waals surface area (Å²) in [5.74, 6) is 0. The van der Waals surface area contributed by atoms with Crippen molar-refractivity contribution in [1.29, 1.82) is 0 Å². The van der Waals surface area contributed by atoms with E-state index in [9.17, 15) is 8.42 Å². The third-order valence-corrected chi connectivity index (χ3v) is 2.49. The second-order valence-corrected chi connectivity index (χ2v) is 5.65. The van der Waals surface area contributed by atoms with Gasteiger partial charge in [-0.15, -0.1) is 0 Å². The Morgan fingerprint density at radius 3 is 2.25 bits per heavy atom. The van der Waals surface area contributed by atoms with Gasteiger partial charge in [-0.05, 0) is 0 Å². The Bertz CT molecular complexity index is 283. The molecule has 16 heavy (non-hydrogen) atoms. The largest absolute Gasteiger partial charge is 0.400 e. The van der Waals surface area contributed by atoms with Gasteiger partial charge in [0.25, 0.3) is 0 Å². The zero-order valence-corrected chi connectivity index (χ0v) is 10.6. The van der Waals surface area contributed by atoms with Gasteiger partial charge in [-0.2, -0.15) is 8.42 Å². The molecule has 2 N–H and O–H groups in total. The summed E-state index contributed by atoms with van der Waals surface area (Å²) in [6, 6.07) is 0. The topological polar surface area (TPSA) is 93.1 Å². The van der Waals surface area contributed by atoms with Crippen molar-refractivity contribution in [2.75, 3.05) is 47.5 Å². The molecule has 0 spiro atoms. The van der Waals surface area contributed by atoms with Crippen LogP contribution >= 0.6 is 0 Å². The first-order valence-corrected chi connectivity index (χ1v) is 6.13. The van der Waals surface area contributed by atoms with Crippen LogP contribution in [0.1, 0.15) is 0 Å². The molecule has 1 atom stereocenters. The van der Waals surface area contributed by atoms with Gasteiger partial charge in [0.1, 0.15) is 19.3 Å². The number of nitrogens with zero attached hydrogens (tertiary/aromatic N) is 1. The highest BCUT2D eigenvalue weighted by molar-refractivity contribution is 7.81. The molecule has 0 heterocycles. The number of hydrogen-bond donors (Lipinski definition) is 2. The van der Waals surface area contributed by atoms with Crippen molar-refractivity contribution in [2.24, 2.45) is 0 Å². The molecule has 0 aromatic heterocycles. The summed E-state index contributed by atoms with van der Waals surface area (Å²) in [4.78, 5) is 0. The van der Waals surface area contributed by atoms with Crippen LogP contribution in [0, 0.1) is 0 Å². The fraction of sp³-hybridized carbons (Fsp3) is 1.00. The zero-order chi connectivity index (χ0) is 12.8. The monoisotopic (exact) mass is 258 g/mol. The minimum atomic E-state index is -4.09. The lowest BCUT2D eigenvalue weighted by Crippen LogP contribution is -2.38. The molecule has 1 unspecified atom stereocenters. The molecule has 0 aromatic rings. The predicted molar refractivity (Wildman–Crippen MR) is 56.8 cm³/mol. The van der Waals surface area contributed by atoms with E-state index >= 15 is 0 Å². The smallest absolute Gasteiger partial charge is 0.394 e. The molecule has 0 radical (unpaired) electrons. The summed E-state index contributed by atoms with van der Waals surface area (Å²) >= 11 is 0. The number of likely N-dealkylation sites (N-methyl/N-ethyl adjacent to an activating group) is 1. The second kappa shape index (κ2) is 6.48. The average molecular weight is 258 g/mol. The first kappa shape index (κ1) is 15.8. The maximum atomic E-state index is 11.1. The van der Waals surface area contributed by atoms with Crippen molar-refractivity contribution in [3.63, 3.8) is 0 Å². The highest BCUT2D eigenvalue weighted by Gasteiger charge is 2.16. The van der Waals surface area contributed by atoms with Gasteiger partial charge in [-0.1, -0.05) is 0 Å². The van der Waals surface area contributed by atoms with Crippen LogP contribution in [-0.4, -0.2) is 76.7 Å². The third-order valence-electron chi connectivity index (χ3n) is 1.61.